The van der Waals surface area contributed by atoms with Crippen LogP contribution >= 0.6 is 0 Å². The summed E-state index contributed by atoms with van der Waals surface area (Å²) in [6, 6.07) is 9.05. The van der Waals surface area contributed by atoms with Gasteiger partial charge in [-0.3, -0.25) is 0 Å². The van der Waals surface area contributed by atoms with Gasteiger partial charge in [-0.1, -0.05) is 31.2 Å². The van der Waals surface area contributed by atoms with Crippen molar-refractivity contribution in [2.45, 2.75) is 19.4 Å². The van der Waals surface area contributed by atoms with E-state index in [1.54, 1.807) is 0 Å². The zero-order valence-electron chi connectivity index (χ0n) is 7.96. The molecule has 0 amide bonds. The van der Waals surface area contributed by atoms with Crippen molar-refractivity contribution in [3.63, 3.8) is 0 Å². The molecule has 2 rings (SSSR count). The molecule has 0 bridgehead atoms. The van der Waals surface area contributed by atoms with E-state index in [0.29, 0.717) is 12.0 Å². The molecule has 0 spiro atoms. The van der Waals surface area contributed by atoms with E-state index < -0.39 is 0 Å². The van der Waals surface area contributed by atoms with Crippen LogP contribution in [0.5, 0.6) is 0 Å². The number of anilines is 1. The van der Waals surface area contributed by atoms with Gasteiger partial charge < -0.3 is 5.32 Å². The summed E-state index contributed by atoms with van der Waals surface area (Å²) in [5, 5.41) is 3.51. The molecule has 0 saturated heterocycles. The molecule has 13 heavy (non-hydrogen) atoms. The Morgan fingerprint density at radius 3 is 3.00 bits per heavy atom. The Kier molecular flexibility index (Phi) is 2.09. The van der Waals surface area contributed by atoms with Crippen LogP contribution in [0.2, 0.25) is 0 Å². The fourth-order valence-electron chi connectivity index (χ4n) is 1.81. The second kappa shape index (κ2) is 3.25. The summed E-state index contributed by atoms with van der Waals surface area (Å²) in [7, 11) is 0. The lowest BCUT2D eigenvalue weighted by molar-refractivity contribution is 0.593. The molecule has 1 aliphatic heterocycles. The van der Waals surface area contributed by atoms with Gasteiger partial charge in [0, 0.05) is 11.7 Å². The fraction of sp³-hybridized carbons (Fsp3) is 0.333. The summed E-state index contributed by atoms with van der Waals surface area (Å²) < 4.78 is 0. The van der Waals surface area contributed by atoms with Gasteiger partial charge in [-0.05, 0) is 24.0 Å². The van der Waals surface area contributed by atoms with Crippen molar-refractivity contribution in [1.82, 2.24) is 0 Å². The van der Waals surface area contributed by atoms with Gasteiger partial charge in [0.15, 0.2) is 0 Å². The van der Waals surface area contributed by atoms with Gasteiger partial charge in [0.25, 0.3) is 0 Å². The Morgan fingerprint density at radius 1 is 1.54 bits per heavy atom. The average molecular weight is 173 g/mol. The zero-order valence-corrected chi connectivity index (χ0v) is 7.96. The van der Waals surface area contributed by atoms with Gasteiger partial charge in [-0.25, -0.2) is 0 Å². The molecule has 1 heterocycles. The molecule has 68 valence electrons. The SMILES string of the molecule is C=C[C@@H](C)[C@H]1Cc2ccccc2N1. The lowest BCUT2D eigenvalue weighted by atomic mass is 9.99. The van der Waals surface area contributed by atoms with Crippen molar-refractivity contribution in [3.8, 4) is 0 Å². The Hall–Kier alpha value is -1.24. The van der Waals surface area contributed by atoms with Crippen molar-refractivity contribution in [3.05, 3.63) is 42.5 Å². The smallest absolute Gasteiger partial charge is 0.0375 e. The van der Waals surface area contributed by atoms with E-state index in [1.165, 1.54) is 11.3 Å². The van der Waals surface area contributed by atoms with Crippen molar-refractivity contribution in [1.29, 1.82) is 0 Å². The molecule has 1 N–H and O–H groups in total. The number of hydrogen-bond acceptors (Lipinski definition) is 1. The summed E-state index contributed by atoms with van der Waals surface area (Å²) in [5.41, 5.74) is 2.72. The summed E-state index contributed by atoms with van der Waals surface area (Å²) in [6.45, 7) is 6.03. The third-order valence-electron chi connectivity index (χ3n) is 2.80. The van der Waals surface area contributed by atoms with Gasteiger partial charge in [0.1, 0.15) is 0 Å². The lowest BCUT2D eigenvalue weighted by Crippen LogP contribution is -2.22. The Bertz CT molecular complexity index is 292. The highest BCUT2D eigenvalue weighted by atomic mass is 15.0. The maximum absolute atomic E-state index is 3.83. The van der Waals surface area contributed by atoms with Gasteiger partial charge in [0.2, 0.25) is 0 Å². The predicted octanol–water partition coefficient (Wildman–Crippen LogP) is 2.85. The summed E-state index contributed by atoms with van der Waals surface area (Å²) in [5.74, 6) is 0.535. The molecular formula is C12H15N. The Labute approximate surface area is 79.5 Å². The van der Waals surface area contributed by atoms with Crippen molar-refractivity contribution >= 4 is 5.69 Å². The van der Waals surface area contributed by atoms with Crippen LogP contribution in [-0.4, -0.2) is 6.04 Å². The van der Waals surface area contributed by atoms with E-state index >= 15 is 0 Å². The van der Waals surface area contributed by atoms with E-state index in [2.05, 4.69) is 43.1 Å². The maximum atomic E-state index is 3.83. The fourth-order valence-corrected chi connectivity index (χ4v) is 1.81. The minimum absolute atomic E-state index is 0.535. The number of nitrogens with one attached hydrogen (secondary N) is 1. The van der Waals surface area contributed by atoms with Crippen LogP contribution in [0, 0.1) is 5.92 Å². The summed E-state index contributed by atoms with van der Waals surface area (Å²) in [6.07, 6.45) is 3.15. The molecule has 0 aliphatic carbocycles. The van der Waals surface area contributed by atoms with Crippen molar-refractivity contribution in [2.24, 2.45) is 5.92 Å². The van der Waals surface area contributed by atoms with E-state index in [1.807, 2.05) is 6.08 Å². The highest BCUT2D eigenvalue weighted by Crippen LogP contribution is 2.28. The van der Waals surface area contributed by atoms with Crippen LogP contribution < -0.4 is 5.32 Å². The Morgan fingerprint density at radius 2 is 2.31 bits per heavy atom. The molecule has 1 nitrogen and oxygen atoms in total. The van der Waals surface area contributed by atoms with Crippen LogP contribution in [-0.2, 0) is 6.42 Å². The molecule has 1 aromatic rings. The number of hydrogen-bond donors (Lipinski definition) is 1. The molecule has 0 unspecified atom stereocenters. The number of benzene rings is 1. The third-order valence-corrected chi connectivity index (χ3v) is 2.80. The highest BCUT2D eigenvalue weighted by molar-refractivity contribution is 5.56. The van der Waals surface area contributed by atoms with E-state index in [-0.39, 0.29) is 0 Å². The number of rotatable bonds is 2. The van der Waals surface area contributed by atoms with E-state index in [0.717, 1.165) is 6.42 Å². The minimum Gasteiger partial charge on any atom is -0.381 e. The van der Waals surface area contributed by atoms with E-state index in [4.69, 9.17) is 0 Å². The van der Waals surface area contributed by atoms with Gasteiger partial charge >= 0.3 is 0 Å². The maximum Gasteiger partial charge on any atom is 0.0375 e. The average Bonchev–Trinajstić information content (AvgIpc) is 2.59. The molecule has 0 fully saturated rings. The molecule has 2 atom stereocenters. The topological polar surface area (TPSA) is 12.0 Å². The first-order valence-corrected chi connectivity index (χ1v) is 4.78. The monoisotopic (exact) mass is 173 g/mol. The second-order valence-corrected chi connectivity index (χ2v) is 3.71. The number of para-hydroxylation sites is 1. The predicted molar refractivity (Wildman–Crippen MR) is 56.9 cm³/mol. The third kappa shape index (κ3) is 1.46. The molecule has 0 aromatic heterocycles. The first-order chi connectivity index (χ1) is 6.31. The van der Waals surface area contributed by atoms with Gasteiger partial charge in [-0.2, -0.15) is 0 Å². The number of fused-ring (bicyclic) bond motifs is 1. The zero-order chi connectivity index (χ0) is 9.26. The van der Waals surface area contributed by atoms with E-state index in [9.17, 15) is 0 Å². The molecule has 1 aromatic carbocycles. The molecule has 1 aliphatic rings. The van der Waals surface area contributed by atoms with Crippen LogP contribution in [0.25, 0.3) is 0 Å². The molecule has 0 radical (unpaired) electrons. The molecule has 0 saturated carbocycles. The normalized spacial score (nSPS) is 21.8. The molecular weight excluding hydrogens is 158 g/mol. The van der Waals surface area contributed by atoms with Crippen LogP contribution in [0.4, 0.5) is 5.69 Å². The quantitative estimate of drug-likeness (QED) is 0.678. The van der Waals surface area contributed by atoms with Crippen LogP contribution in [0.15, 0.2) is 36.9 Å². The highest BCUT2D eigenvalue weighted by Gasteiger charge is 2.22. The first-order valence-electron chi connectivity index (χ1n) is 4.78. The van der Waals surface area contributed by atoms with Crippen molar-refractivity contribution < 1.29 is 0 Å². The molecule has 1 heteroatoms. The summed E-state index contributed by atoms with van der Waals surface area (Å²) in [4.78, 5) is 0. The second-order valence-electron chi connectivity index (χ2n) is 3.71. The van der Waals surface area contributed by atoms with Gasteiger partial charge in [-0.15, -0.1) is 6.58 Å². The largest absolute Gasteiger partial charge is 0.381 e. The Balaban J connectivity index is 2.18. The van der Waals surface area contributed by atoms with Crippen LogP contribution in [0.1, 0.15) is 12.5 Å². The van der Waals surface area contributed by atoms with Crippen molar-refractivity contribution in [2.75, 3.05) is 5.32 Å². The summed E-state index contributed by atoms with van der Waals surface area (Å²) >= 11 is 0. The lowest BCUT2D eigenvalue weighted by Gasteiger charge is -2.15. The van der Waals surface area contributed by atoms with Crippen LogP contribution in [0.3, 0.4) is 0 Å². The standard InChI is InChI=1S/C12H15N/c1-3-9(2)12-8-10-6-4-5-7-11(10)13-12/h3-7,9,12-13H,1,8H2,2H3/t9-,12-/m1/s1. The minimum atomic E-state index is 0.535. The van der Waals surface area contributed by atoms with Gasteiger partial charge in [0.05, 0.1) is 0 Å². The first kappa shape index (κ1) is 8.36.